The van der Waals surface area contributed by atoms with E-state index in [1.54, 1.807) is 0 Å². The summed E-state index contributed by atoms with van der Waals surface area (Å²) in [4.78, 5) is 0. The van der Waals surface area contributed by atoms with E-state index in [-0.39, 0.29) is 10.8 Å². The fraction of sp³-hybridized carbons (Fsp3) is 0.167. The predicted octanol–water partition coefficient (Wildman–Crippen LogP) is 14.0. The van der Waals surface area contributed by atoms with Crippen LogP contribution >= 0.6 is 0 Å². The first-order chi connectivity index (χ1) is 23.1. The van der Waals surface area contributed by atoms with Crippen LogP contribution in [0.3, 0.4) is 0 Å². The summed E-state index contributed by atoms with van der Waals surface area (Å²) in [6, 6.07) is 46.7. The predicted molar refractivity (Wildman–Crippen MR) is 212 cm³/mol. The molecule has 0 atom stereocenters. The number of rotatable bonds is 1. The molecule has 0 amide bonds. The molecule has 230 valence electrons. The Labute approximate surface area is 281 Å². The molecule has 0 unspecified atom stereocenters. The topological polar surface area (TPSA) is 0 Å². The molecule has 0 heteroatoms. The quantitative estimate of drug-likeness (QED) is 0.127. The highest BCUT2D eigenvalue weighted by Crippen LogP contribution is 2.49. The third-order valence-corrected chi connectivity index (χ3v) is 11.2. The van der Waals surface area contributed by atoms with E-state index < -0.39 is 0 Å². The van der Waals surface area contributed by atoms with E-state index in [4.69, 9.17) is 0 Å². The molecule has 0 aliphatic rings. The lowest BCUT2D eigenvalue weighted by Gasteiger charge is -2.22. The fourth-order valence-corrected chi connectivity index (χ4v) is 8.66. The molecule has 0 saturated carbocycles. The van der Waals surface area contributed by atoms with Crippen molar-refractivity contribution in [3.8, 4) is 11.1 Å². The number of fused-ring (bicyclic) bond motifs is 10. The maximum absolute atomic E-state index is 2.54. The molecule has 0 heterocycles. The van der Waals surface area contributed by atoms with Crippen molar-refractivity contribution in [3.63, 3.8) is 0 Å². The minimum Gasteiger partial charge on any atom is -0.0622 e. The van der Waals surface area contributed by atoms with Crippen LogP contribution in [-0.4, -0.2) is 0 Å². The van der Waals surface area contributed by atoms with Crippen LogP contribution in [0.4, 0.5) is 0 Å². The van der Waals surface area contributed by atoms with Crippen LogP contribution in [0.1, 0.15) is 52.7 Å². The summed E-state index contributed by atoms with van der Waals surface area (Å²) in [5.41, 5.74) is 5.43. The van der Waals surface area contributed by atoms with Crippen molar-refractivity contribution >= 4 is 86.2 Å². The van der Waals surface area contributed by atoms with Crippen LogP contribution < -0.4 is 0 Å². The van der Waals surface area contributed by atoms with Crippen LogP contribution in [0.25, 0.3) is 97.3 Å². The maximum atomic E-state index is 2.54. The van der Waals surface area contributed by atoms with Gasteiger partial charge in [-0.15, -0.1) is 0 Å². The van der Waals surface area contributed by atoms with E-state index in [1.165, 1.54) is 108 Å². The first-order valence-corrected chi connectivity index (χ1v) is 17.4. The molecule has 0 spiro atoms. The van der Waals surface area contributed by atoms with Crippen molar-refractivity contribution < 1.29 is 0 Å². The van der Waals surface area contributed by atoms with E-state index >= 15 is 0 Å². The van der Waals surface area contributed by atoms with Crippen LogP contribution in [0, 0.1) is 0 Å². The van der Waals surface area contributed by atoms with Gasteiger partial charge in [-0.25, -0.2) is 0 Å². The van der Waals surface area contributed by atoms with E-state index in [2.05, 4.69) is 163 Å². The molecule has 0 aromatic heterocycles. The summed E-state index contributed by atoms with van der Waals surface area (Å²) in [6.45, 7) is 14.0. The standard InChI is InChI=1S/C48H38/c1-47(2,3)30-19-29-20-31(48(4,5)6)23-42-40-26-38-36-21-28-15-12-18-33-32-16-10-11-17-34(32)46(45(28)33)43(36)24-35(27-13-8-7-9-14-27)37(38)25-39(40)41(22-30)44(29)42/h7-26H,1-6H3. The molecule has 0 aliphatic heterocycles. The van der Waals surface area contributed by atoms with Gasteiger partial charge in [-0.05, 0) is 156 Å². The molecular weight excluding hydrogens is 577 g/mol. The van der Waals surface area contributed by atoms with Gasteiger partial charge in [0.05, 0.1) is 0 Å². The summed E-state index contributed by atoms with van der Waals surface area (Å²) >= 11 is 0. The molecule has 0 fully saturated rings. The summed E-state index contributed by atoms with van der Waals surface area (Å²) in [6.07, 6.45) is 0. The molecule has 48 heavy (non-hydrogen) atoms. The van der Waals surface area contributed by atoms with Crippen molar-refractivity contribution in [2.45, 2.75) is 52.4 Å². The van der Waals surface area contributed by atoms with Gasteiger partial charge < -0.3 is 0 Å². The smallest absolute Gasteiger partial charge is 0.00139 e. The minimum absolute atomic E-state index is 0.0452. The zero-order valence-corrected chi connectivity index (χ0v) is 28.5. The van der Waals surface area contributed by atoms with Gasteiger partial charge in [-0.1, -0.05) is 126 Å². The van der Waals surface area contributed by atoms with Crippen molar-refractivity contribution in [3.05, 3.63) is 132 Å². The zero-order valence-electron chi connectivity index (χ0n) is 28.5. The minimum atomic E-state index is 0.0452. The largest absolute Gasteiger partial charge is 0.0622 e. The van der Waals surface area contributed by atoms with Crippen LogP contribution in [0.15, 0.2) is 121 Å². The molecule has 0 bridgehead atoms. The SMILES string of the molecule is CC(C)(C)c1cc2cc(C(C)(C)C)cc3c4cc5c(cc4c(c1)c23)c(-c1ccccc1)cc1c5cc2cccc3c4ccccc4c1c23. The van der Waals surface area contributed by atoms with E-state index in [0.717, 1.165) is 0 Å². The van der Waals surface area contributed by atoms with Gasteiger partial charge in [0.1, 0.15) is 0 Å². The monoisotopic (exact) mass is 614 g/mol. The molecule has 0 nitrogen and oxygen atoms in total. The maximum Gasteiger partial charge on any atom is -0.00139 e. The molecule has 10 aromatic carbocycles. The highest BCUT2D eigenvalue weighted by molar-refractivity contribution is 6.40. The van der Waals surface area contributed by atoms with Crippen molar-refractivity contribution in [2.75, 3.05) is 0 Å². The van der Waals surface area contributed by atoms with Gasteiger partial charge in [0, 0.05) is 0 Å². The molecule has 0 N–H and O–H groups in total. The van der Waals surface area contributed by atoms with Gasteiger partial charge >= 0.3 is 0 Å². The molecule has 10 rings (SSSR count). The van der Waals surface area contributed by atoms with Crippen molar-refractivity contribution in [2.24, 2.45) is 0 Å². The molecule has 0 saturated heterocycles. The first kappa shape index (κ1) is 27.9. The lowest BCUT2D eigenvalue weighted by molar-refractivity contribution is 0.590. The second-order valence-electron chi connectivity index (χ2n) is 16.2. The van der Waals surface area contributed by atoms with Gasteiger partial charge in [0.2, 0.25) is 0 Å². The van der Waals surface area contributed by atoms with Crippen LogP contribution in [0.5, 0.6) is 0 Å². The molecule has 0 radical (unpaired) electrons. The summed E-state index contributed by atoms with van der Waals surface area (Å²) in [5, 5.41) is 21.6. The Bertz CT molecular complexity index is 2920. The van der Waals surface area contributed by atoms with Crippen molar-refractivity contribution in [1.82, 2.24) is 0 Å². The first-order valence-electron chi connectivity index (χ1n) is 17.4. The number of benzene rings is 8. The van der Waals surface area contributed by atoms with Crippen molar-refractivity contribution in [1.29, 1.82) is 0 Å². The van der Waals surface area contributed by atoms with Gasteiger partial charge in [0.25, 0.3) is 0 Å². The normalized spacial score (nSPS) is 13.2. The third-order valence-electron chi connectivity index (χ3n) is 11.2. The highest BCUT2D eigenvalue weighted by Gasteiger charge is 2.24. The average molecular weight is 615 g/mol. The zero-order chi connectivity index (χ0) is 32.7. The third kappa shape index (κ3) is 3.72. The average Bonchev–Trinajstić information content (AvgIpc) is 3.58. The van der Waals surface area contributed by atoms with Gasteiger partial charge in [0.15, 0.2) is 0 Å². The Morgan fingerprint density at radius 2 is 0.833 bits per heavy atom. The van der Waals surface area contributed by atoms with Crippen LogP contribution in [0.2, 0.25) is 0 Å². The Kier molecular flexibility index (Phi) is 5.36. The summed E-state index contributed by atoms with van der Waals surface area (Å²) in [5.74, 6) is 0. The summed E-state index contributed by atoms with van der Waals surface area (Å²) in [7, 11) is 0. The Morgan fingerprint density at radius 3 is 1.50 bits per heavy atom. The second kappa shape index (κ2) is 9.24. The molecule has 10 aromatic rings. The molecule has 0 aliphatic carbocycles. The summed E-state index contributed by atoms with van der Waals surface area (Å²) < 4.78 is 0. The van der Waals surface area contributed by atoms with E-state index in [1.807, 2.05) is 0 Å². The van der Waals surface area contributed by atoms with E-state index in [0.29, 0.717) is 0 Å². The fourth-order valence-electron chi connectivity index (χ4n) is 8.66. The van der Waals surface area contributed by atoms with E-state index in [9.17, 15) is 0 Å². The lowest BCUT2D eigenvalue weighted by atomic mass is 9.82. The Hall–Kier alpha value is -5.20. The highest BCUT2D eigenvalue weighted by atomic mass is 14.3. The van der Waals surface area contributed by atoms with Crippen LogP contribution in [-0.2, 0) is 10.8 Å². The Balaban J connectivity index is 1.47. The lowest BCUT2D eigenvalue weighted by Crippen LogP contribution is -2.12. The van der Waals surface area contributed by atoms with Gasteiger partial charge in [-0.2, -0.15) is 0 Å². The number of hydrogen-bond acceptors (Lipinski definition) is 0. The van der Waals surface area contributed by atoms with Gasteiger partial charge in [-0.3, -0.25) is 0 Å². The number of hydrogen-bond donors (Lipinski definition) is 0. The molecular formula is C48H38. The Morgan fingerprint density at radius 1 is 0.312 bits per heavy atom. The second-order valence-corrected chi connectivity index (χ2v) is 16.2.